The van der Waals surface area contributed by atoms with Gasteiger partial charge in [-0.25, -0.2) is 0 Å². The Labute approximate surface area is 91.9 Å². The van der Waals surface area contributed by atoms with Gasteiger partial charge in [-0.15, -0.1) is 0 Å². The molecule has 0 aliphatic carbocycles. The van der Waals surface area contributed by atoms with E-state index in [1.165, 1.54) is 5.56 Å². The third-order valence-electron chi connectivity index (χ3n) is 2.52. The molecule has 1 atom stereocenters. The van der Waals surface area contributed by atoms with Crippen molar-refractivity contribution in [2.24, 2.45) is 0 Å². The van der Waals surface area contributed by atoms with E-state index in [-0.39, 0.29) is 11.7 Å². The molecule has 2 heteroatoms. The lowest BCUT2D eigenvalue weighted by Crippen LogP contribution is -2.24. The van der Waals surface area contributed by atoms with Gasteiger partial charge < -0.3 is 4.90 Å². The predicted molar refractivity (Wildman–Crippen MR) is 63.2 cm³/mol. The number of rotatable bonds is 4. The fourth-order valence-corrected chi connectivity index (χ4v) is 1.63. The van der Waals surface area contributed by atoms with Crippen LogP contribution in [0, 0.1) is 6.92 Å². The highest BCUT2D eigenvalue weighted by Crippen LogP contribution is 2.18. The zero-order valence-electron chi connectivity index (χ0n) is 9.95. The Kier molecular flexibility index (Phi) is 4.04. The molecular weight excluding hydrogens is 186 g/mol. The monoisotopic (exact) mass is 205 g/mol. The molecule has 0 saturated heterocycles. The Morgan fingerprint density at radius 1 is 1.27 bits per heavy atom. The van der Waals surface area contributed by atoms with Crippen molar-refractivity contribution in [2.75, 3.05) is 20.6 Å². The Bertz CT molecular complexity index is 327. The maximum Gasteiger partial charge on any atom is 0.138 e. The molecule has 1 aromatic rings. The van der Waals surface area contributed by atoms with Gasteiger partial charge in [0.25, 0.3) is 0 Å². The van der Waals surface area contributed by atoms with E-state index in [9.17, 15) is 4.79 Å². The Morgan fingerprint density at radius 3 is 2.20 bits per heavy atom. The van der Waals surface area contributed by atoms with Crippen LogP contribution < -0.4 is 0 Å². The highest BCUT2D eigenvalue weighted by molar-refractivity contribution is 5.83. The van der Waals surface area contributed by atoms with E-state index in [1.807, 2.05) is 31.1 Å². The fourth-order valence-electron chi connectivity index (χ4n) is 1.63. The zero-order valence-corrected chi connectivity index (χ0v) is 9.95. The zero-order chi connectivity index (χ0) is 11.4. The molecule has 0 radical (unpaired) electrons. The van der Waals surface area contributed by atoms with Crippen molar-refractivity contribution >= 4 is 5.78 Å². The molecule has 1 rings (SSSR count). The summed E-state index contributed by atoms with van der Waals surface area (Å²) in [7, 11) is 3.98. The highest BCUT2D eigenvalue weighted by atomic mass is 16.1. The quantitative estimate of drug-likeness (QED) is 0.751. The van der Waals surface area contributed by atoms with E-state index in [1.54, 1.807) is 6.92 Å². The van der Waals surface area contributed by atoms with Crippen molar-refractivity contribution < 1.29 is 4.79 Å². The van der Waals surface area contributed by atoms with Gasteiger partial charge in [-0.3, -0.25) is 4.79 Å². The number of likely N-dealkylation sites (N-methyl/N-ethyl adjacent to an activating group) is 1. The van der Waals surface area contributed by atoms with Crippen molar-refractivity contribution in [3.8, 4) is 0 Å². The lowest BCUT2D eigenvalue weighted by Gasteiger charge is -2.19. The van der Waals surface area contributed by atoms with Crippen LogP contribution in [-0.4, -0.2) is 31.3 Å². The summed E-state index contributed by atoms with van der Waals surface area (Å²) in [5.41, 5.74) is 2.34. The molecule has 0 aliphatic rings. The minimum absolute atomic E-state index is 0.000556. The van der Waals surface area contributed by atoms with Crippen LogP contribution in [0.3, 0.4) is 0 Å². The maximum absolute atomic E-state index is 11.5. The molecule has 0 amide bonds. The third-order valence-corrected chi connectivity index (χ3v) is 2.52. The molecule has 2 nitrogen and oxygen atoms in total. The lowest BCUT2D eigenvalue weighted by atomic mass is 9.94. The number of ketones is 1. The molecule has 0 saturated carbocycles. The Morgan fingerprint density at radius 2 is 1.80 bits per heavy atom. The number of benzene rings is 1. The maximum atomic E-state index is 11.5. The second kappa shape index (κ2) is 5.08. The van der Waals surface area contributed by atoms with Crippen LogP contribution in [0.1, 0.15) is 24.0 Å². The first-order valence-electron chi connectivity index (χ1n) is 5.22. The predicted octanol–water partition coefficient (Wildman–Crippen LogP) is 2.23. The van der Waals surface area contributed by atoms with Crippen molar-refractivity contribution in [1.29, 1.82) is 0 Å². The van der Waals surface area contributed by atoms with E-state index in [0.717, 1.165) is 12.1 Å². The summed E-state index contributed by atoms with van der Waals surface area (Å²) in [6.07, 6.45) is 0. The van der Waals surface area contributed by atoms with Crippen LogP contribution in [0.5, 0.6) is 0 Å². The largest absolute Gasteiger partial charge is 0.308 e. The number of carbonyl (C=O) groups is 1. The van der Waals surface area contributed by atoms with Gasteiger partial charge in [-0.05, 0) is 33.5 Å². The Hall–Kier alpha value is -1.15. The van der Waals surface area contributed by atoms with Gasteiger partial charge in [0.2, 0.25) is 0 Å². The summed E-state index contributed by atoms with van der Waals surface area (Å²) in [6, 6.07) is 8.21. The first kappa shape index (κ1) is 11.9. The molecule has 1 aromatic carbocycles. The second-order valence-electron chi connectivity index (χ2n) is 4.34. The van der Waals surface area contributed by atoms with Crippen molar-refractivity contribution in [3.63, 3.8) is 0 Å². The van der Waals surface area contributed by atoms with Crippen LogP contribution in [0.4, 0.5) is 0 Å². The summed E-state index contributed by atoms with van der Waals surface area (Å²) in [6.45, 7) is 4.49. The third kappa shape index (κ3) is 3.48. The standard InChI is InChI=1S/C13H19NO/c1-10-5-7-12(8-6-10)13(11(2)15)9-14(3)4/h5-8,13H,9H2,1-4H3/t13-/m1/s1. The normalized spacial score (nSPS) is 12.9. The molecule has 0 aliphatic heterocycles. The minimum atomic E-state index is 0.000556. The summed E-state index contributed by atoms with van der Waals surface area (Å²) >= 11 is 0. The van der Waals surface area contributed by atoms with Crippen LogP contribution in [0.15, 0.2) is 24.3 Å². The van der Waals surface area contributed by atoms with Gasteiger partial charge in [0.1, 0.15) is 5.78 Å². The van der Waals surface area contributed by atoms with Gasteiger partial charge in [0.15, 0.2) is 0 Å². The van der Waals surface area contributed by atoms with E-state index in [0.29, 0.717) is 0 Å². The number of nitrogens with zero attached hydrogens (tertiary/aromatic N) is 1. The van der Waals surface area contributed by atoms with E-state index in [2.05, 4.69) is 19.1 Å². The van der Waals surface area contributed by atoms with Crippen LogP contribution >= 0.6 is 0 Å². The van der Waals surface area contributed by atoms with Gasteiger partial charge in [0, 0.05) is 6.54 Å². The number of carbonyl (C=O) groups excluding carboxylic acids is 1. The number of aryl methyl sites for hydroxylation is 1. The first-order valence-corrected chi connectivity index (χ1v) is 5.22. The summed E-state index contributed by atoms with van der Waals surface area (Å²) in [5.74, 6) is 0.230. The molecule has 15 heavy (non-hydrogen) atoms. The van der Waals surface area contributed by atoms with Crippen molar-refractivity contribution in [3.05, 3.63) is 35.4 Å². The van der Waals surface area contributed by atoms with Crippen molar-refractivity contribution in [1.82, 2.24) is 4.90 Å². The van der Waals surface area contributed by atoms with Gasteiger partial charge in [-0.1, -0.05) is 29.8 Å². The molecular formula is C13H19NO. The van der Waals surface area contributed by atoms with Crippen LogP contribution in [0.2, 0.25) is 0 Å². The highest BCUT2D eigenvalue weighted by Gasteiger charge is 2.16. The summed E-state index contributed by atoms with van der Waals surface area (Å²) < 4.78 is 0. The molecule has 82 valence electrons. The molecule has 0 aromatic heterocycles. The average molecular weight is 205 g/mol. The van der Waals surface area contributed by atoms with Gasteiger partial charge in [-0.2, -0.15) is 0 Å². The number of hydrogen-bond acceptors (Lipinski definition) is 2. The van der Waals surface area contributed by atoms with E-state index >= 15 is 0 Å². The molecule has 0 heterocycles. The number of Topliss-reactive ketones (excluding diaryl/α,β-unsaturated/α-hetero) is 1. The molecule has 0 bridgehead atoms. The smallest absolute Gasteiger partial charge is 0.138 e. The molecule has 0 N–H and O–H groups in total. The fraction of sp³-hybridized carbons (Fsp3) is 0.462. The van der Waals surface area contributed by atoms with Crippen molar-refractivity contribution in [2.45, 2.75) is 19.8 Å². The van der Waals surface area contributed by atoms with Crippen LogP contribution in [-0.2, 0) is 4.79 Å². The first-order chi connectivity index (χ1) is 7.00. The Balaban J connectivity index is 2.89. The lowest BCUT2D eigenvalue weighted by molar-refractivity contribution is -0.118. The molecule has 0 fully saturated rings. The van der Waals surface area contributed by atoms with E-state index < -0.39 is 0 Å². The van der Waals surface area contributed by atoms with Gasteiger partial charge >= 0.3 is 0 Å². The topological polar surface area (TPSA) is 20.3 Å². The van der Waals surface area contributed by atoms with Crippen LogP contribution in [0.25, 0.3) is 0 Å². The van der Waals surface area contributed by atoms with Gasteiger partial charge in [0.05, 0.1) is 5.92 Å². The second-order valence-corrected chi connectivity index (χ2v) is 4.34. The average Bonchev–Trinajstić information content (AvgIpc) is 2.15. The van der Waals surface area contributed by atoms with E-state index in [4.69, 9.17) is 0 Å². The molecule has 0 unspecified atom stereocenters. The summed E-state index contributed by atoms with van der Waals surface area (Å²) in [5, 5.41) is 0. The number of hydrogen-bond donors (Lipinski definition) is 0. The SMILES string of the molecule is CC(=O)[C@@H](CN(C)C)c1ccc(C)cc1. The summed E-state index contributed by atoms with van der Waals surface area (Å²) in [4.78, 5) is 13.6. The minimum Gasteiger partial charge on any atom is -0.308 e. The molecule has 0 spiro atoms.